The minimum Gasteiger partial charge on any atom is -0.375 e. The molecule has 0 atom stereocenters. The van der Waals surface area contributed by atoms with Crippen LogP contribution in [0.25, 0.3) is 0 Å². The average molecular weight is 379 g/mol. The monoisotopic (exact) mass is 379 g/mol. The number of hydrogen-bond donors (Lipinski definition) is 2. The van der Waals surface area contributed by atoms with Crippen molar-refractivity contribution < 1.29 is 14.3 Å². The molecule has 1 heterocycles. The molecule has 2 aliphatic rings. The highest BCUT2D eigenvalue weighted by Gasteiger charge is 2.46. The van der Waals surface area contributed by atoms with Gasteiger partial charge in [0.2, 0.25) is 5.91 Å². The molecule has 4 rings (SSSR count). The van der Waals surface area contributed by atoms with Gasteiger partial charge in [-0.25, -0.2) is 4.79 Å². The Hall–Kier alpha value is -2.86. The quantitative estimate of drug-likeness (QED) is 0.839. The Balaban J connectivity index is 1.46. The van der Waals surface area contributed by atoms with E-state index in [2.05, 4.69) is 22.8 Å². The van der Waals surface area contributed by atoms with E-state index in [9.17, 15) is 9.59 Å². The second-order valence-corrected chi connectivity index (χ2v) is 7.58. The molecular formula is C22H25N3O3. The standard InChI is InChI=1S/C22H25N3O3/c1-28-14-20(26)23-16-8-10-17(11-9-16)24-21(27)25-15-22(12-4-5-13-22)18-6-2-3-7-19(18)25/h2-3,6-11H,4-5,12-15H2,1H3,(H,23,26)(H,24,27). The number of methoxy groups -OCH3 is 1. The van der Waals surface area contributed by atoms with Gasteiger partial charge in [0.1, 0.15) is 6.61 Å². The van der Waals surface area contributed by atoms with Crippen LogP contribution in [0, 0.1) is 0 Å². The summed E-state index contributed by atoms with van der Waals surface area (Å²) in [5.74, 6) is -0.213. The Morgan fingerprint density at radius 2 is 1.64 bits per heavy atom. The lowest BCUT2D eigenvalue weighted by Gasteiger charge is -2.24. The number of nitrogens with zero attached hydrogens (tertiary/aromatic N) is 1. The molecule has 2 aromatic rings. The lowest BCUT2D eigenvalue weighted by Crippen LogP contribution is -2.38. The fourth-order valence-corrected chi connectivity index (χ4v) is 4.45. The van der Waals surface area contributed by atoms with Crippen LogP contribution in [0.4, 0.5) is 21.9 Å². The van der Waals surface area contributed by atoms with Gasteiger partial charge in [0.15, 0.2) is 0 Å². The molecule has 1 fully saturated rings. The number of rotatable bonds is 4. The van der Waals surface area contributed by atoms with Crippen molar-refractivity contribution in [1.29, 1.82) is 0 Å². The highest BCUT2D eigenvalue weighted by molar-refractivity contribution is 6.04. The number of anilines is 3. The Morgan fingerprint density at radius 3 is 2.32 bits per heavy atom. The summed E-state index contributed by atoms with van der Waals surface area (Å²) in [5.41, 5.74) is 3.80. The van der Waals surface area contributed by atoms with Crippen molar-refractivity contribution in [2.75, 3.05) is 35.8 Å². The van der Waals surface area contributed by atoms with Gasteiger partial charge in [0.25, 0.3) is 0 Å². The smallest absolute Gasteiger partial charge is 0.326 e. The van der Waals surface area contributed by atoms with Crippen molar-refractivity contribution in [1.82, 2.24) is 0 Å². The molecule has 1 aliphatic carbocycles. The van der Waals surface area contributed by atoms with Crippen molar-refractivity contribution in [3.8, 4) is 0 Å². The second kappa shape index (κ2) is 7.64. The Morgan fingerprint density at radius 1 is 1.00 bits per heavy atom. The zero-order valence-corrected chi connectivity index (χ0v) is 16.0. The first-order valence-corrected chi connectivity index (χ1v) is 9.68. The van der Waals surface area contributed by atoms with Crippen LogP contribution >= 0.6 is 0 Å². The second-order valence-electron chi connectivity index (χ2n) is 7.58. The zero-order valence-electron chi connectivity index (χ0n) is 16.0. The molecule has 146 valence electrons. The fourth-order valence-electron chi connectivity index (χ4n) is 4.45. The number of benzene rings is 2. The summed E-state index contributed by atoms with van der Waals surface area (Å²) in [6.45, 7) is 0.748. The molecule has 1 saturated carbocycles. The molecule has 6 heteroatoms. The molecule has 0 radical (unpaired) electrons. The summed E-state index contributed by atoms with van der Waals surface area (Å²) in [4.78, 5) is 26.4. The predicted octanol–water partition coefficient (Wildman–Crippen LogP) is 4.14. The Bertz CT molecular complexity index is 873. The van der Waals surface area contributed by atoms with E-state index in [4.69, 9.17) is 4.74 Å². The minimum atomic E-state index is -0.213. The molecule has 6 nitrogen and oxygen atoms in total. The maximum Gasteiger partial charge on any atom is 0.326 e. The van der Waals surface area contributed by atoms with Gasteiger partial charge >= 0.3 is 6.03 Å². The Labute approximate surface area is 164 Å². The van der Waals surface area contributed by atoms with Crippen LogP contribution in [0.3, 0.4) is 0 Å². The van der Waals surface area contributed by atoms with E-state index >= 15 is 0 Å². The first kappa shape index (κ1) is 18.5. The van der Waals surface area contributed by atoms with E-state index in [-0.39, 0.29) is 24.0 Å². The van der Waals surface area contributed by atoms with Crippen LogP contribution in [0.2, 0.25) is 0 Å². The maximum atomic E-state index is 13.0. The van der Waals surface area contributed by atoms with E-state index in [0.717, 1.165) is 25.1 Å². The van der Waals surface area contributed by atoms with Crippen LogP contribution in [-0.4, -0.2) is 32.2 Å². The van der Waals surface area contributed by atoms with E-state index < -0.39 is 0 Å². The van der Waals surface area contributed by atoms with Crippen molar-refractivity contribution in [2.45, 2.75) is 31.1 Å². The van der Waals surface area contributed by atoms with Gasteiger partial charge in [0.05, 0.1) is 0 Å². The van der Waals surface area contributed by atoms with Gasteiger partial charge in [-0.15, -0.1) is 0 Å². The number of amides is 3. The van der Waals surface area contributed by atoms with E-state index in [1.165, 1.54) is 25.5 Å². The number of urea groups is 1. The number of para-hydroxylation sites is 1. The molecule has 28 heavy (non-hydrogen) atoms. The lowest BCUT2D eigenvalue weighted by atomic mass is 9.81. The molecule has 3 amide bonds. The summed E-state index contributed by atoms with van der Waals surface area (Å²) in [6, 6.07) is 15.2. The first-order chi connectivity index (χ1) is 13.6. The summed E-state index contributed by atoms with van der Waals surface area (Å²) in [7, 11) is 1.48. The molecule has 2 N–H and O–H groups in total. The number of ether oxygens (including phenoxy) is 1. The number of carbonyl (C=O) groups excluding carboxylic acids is 2. The normalized spacial score (nSPS) is 16.8. The van der Waals surface area contributed by atoms with Crippen molar-refractivity contribution >= 4 is 29.0 Å². The van der Waals surface area contributed by atoms with Crippen LogP contribution in [0.5, 0.6) is 0 Å². The van der Waals surface area contributed by atoms with Gasteiger partial charge in [-0.05, 0) is 48.7 Å². The first-order valence-electron chi connectivity index (χ1n) is 9.68. The summed E-state index contributed by atoms with van der Waals surface area (Å²) in [5, 5.41) is 5.72. The summed E-state index contributed by atoms with van der Waals surface area (Å²) < 4.78 is 4.80. The van der Waals surface area contributed by atoms with Crippen LogP contribution < -0.4 is 15.5 Å². The third-order valence-electron chi connectivity index (χ3n) is 5.73. The topological polar surface area (TPSA) is 70.7 Å². The number of hydrogen-bond acceptors (Lipinski definition) is 3. The third-order valence-corrected chi connectivity index (χ3v) is 5.73. The van der Waals surface area contributed by atoms with E-state index in [1.54, 1.807) is 24.3 Å². The highest BCUT2D eigenvalue weighted by Crippen LogP contribution is 2.50. The van der Waals surface area contributed by atoms with Crippen molar-refractivity contribution in [3.05, 3.63) is 54.1 Å². The van der Waals surface area contributed by atoms with Crippen molar-refractivity contribution in [3.63, 3.8) is 0 Å². The number of carbonyl (C=O) groups is 2. The minimum absolute atomic E-state index is 0.00854. The molecule has 0 bridgehead atoms. The molecule has 0 unspecified atom stereocenters. The van der Waals surface area contributed by atoms with E-state index in [0.29, 0.717) is 11.4 Å². The third kappa shape index (κ3) is 3.47. The predicted molar refractivity (Wildman–Crippen MR) is 110 cm³/mol. The molecule has 1 spiro atoms. The van der Waals surface area contributed by atoms with Crippen LogP contribution in [-0.2, 0) is 14.9 Å². The average Bonchev–Trinajstić information content (AvgIpc) is 3.30. The van der Waals surface area contributed by atoms with E-state index in [1.807, 2.05) is 17.0 Å². The maximum absolute atomic E-state index is 13.0. The zero-order chi connectivity index (χ0) is 19.6. The van der Waals surface area contributed by atoms with Gasteiger partial charge in [-0.2, -0.15) is 0 Å². The highest BCUT2D eigenvalue weighted by atomic mass is 16.5. The SMILES string of the molecule is COCC(=O)Nc1ccc(NC(=O)N2CC3(CCCC3)c3ccccc32)cc1. The van der Waals surface area contributed by atoms with Crippen LogP contribution in [0.1, 0.15) is 31.2 Å². The number of nitrogens with one attached hydrogen (secondary N) is 2. The van der Waals surface area contributed by atoms with Crippen LogP contribution in [0.15, 0.2) is 48.5 Å². The Kier molecular flexibility index (Phi) is 5.05. The van der Waals surface area contributed by atoms with Crippen molar-refractivity contribution in [2.24, 2.45) is 0 Å². The lowest BCUT2D eigenvalue weighted by molar-refractivity contribution is -0.119. The van der Waals surface area contributed by atoms with Gasteiger partial charge in [0, 0.05) is 36.1 Å². The van der Waals surface area contributed by atoms with Gasteiger partial charge in [-0.3, -0.25) is 9.69 Å². The van der Waals surface area contributed by atoms with Gasteiger partial charge < -0.3 is 15.4 Å². The number of fused-ring (bicyclic) bond motifs is 2. The molecule has 0 saturated heterocycles. The largest absolute Gasteiger partial charge is 0.375 e. The molecule has 0 aromatic heterocycles. The fraction of sp³-hybridized carbons (Fsp3) is 0.364. The molecular weight excluding hydrogens is 354 g/mol. The summed E-state index contributed by atoms with van der Waals surface area (Å²) in [6.07, 6.45) is 4.73. The summed E-state index contributed by atoms with van der Waals surface area (Å²) >= 11 is 0. The van der Waals surface area contributed by atoms with Gasteiger partial charge in [-0.1, -0.05) is 31.0 Å². The molecule has 2 aromatic carbocycles. The molecule has 1 aliphatic heterocycles.